The van der Waals surface area contributed by atoms with Gasteiger partial charge < -0.3 is 20.2 Å². The van der Waals surface area contributed by atoms with E-state index in [9.17, 15) is 33.7 Å². The highest BCUT2D eigenvalue weighted by atomic mass is 35.5. The van der Waals surface area contributed by atoms with Crippen molar-refractivity contribution in [3.05, 3.63) is 74.4 Å². The van der Waals surface area contributed by atoms with Gasteiger partial charge in [0.15, 0.2) is 10.8 Å². The molecule has 1 fully saturated rings. The topological polar surface area (TPSA) is 182 Å². The molecule has 3 heterocycles. The lowest BCUT2D eigenvalue weighted by Gasteiger charge is -2.49. The van der Waals surface area contributed by atoms with Gasteiger partial charge in [-0.3, -0.25) is 29.4 Å². The molecular weight excluding hydrogens is 631 g/mol. The molecular formula is C25H22ClFN6O8S2. The second-order valence-corrected chi connectivity index (χ2v) is 11.0. The molecule has 43 heavy (non-hydrogen) atoms. The Labute approximate surface area is 256 Å². The average Bonchev–Trinajstić information content (AvgIpc) is 3.45. The van der Waals surface area contributed by atoms with Crippen molar-refractivity contribution >= 4 is 75.4 Å². The van der Waals surface area contributed by atoms with Crippen LogP contribution in [0.1, 0.15) is 18.2 Å². The quantitative estimate of drug-likeness (QED) is 0.0621. The van der Waals surface area contributed by atoms with Gasteiger partial charge in [-0.15, -0.1) is 34.7 Å². The van der Waals surface area contributed by atoms with Gasteiger partial charge in [0, 0.05) is 36.1 Å². The molecule has 226 valence electrons. The highest BCUT2D eigenvalue weighted by molar-refractivity contribution is 8.00. The molecule has 0 aliphatic carbocycles. The number of carbonyl (C=O) groups is 4. The molecule has 3 atom stereocenters. The summed E-state index contributed by atoms with van der Waals surface area (Å²) in [6.45, 7) is 0.838. The van der Waals surface area contributed by atoms with Gasteiger partial charge >= 0.3 is 5.97 Å². The van der Waals surface area contributed by atoms with Crippen LogP contribution in [-0.4, -0.2) is 74.1 Å². The summed E-state index contributed by atoms with van der Waals surface area (Å²) < 4.78 is 18.8. The number of benzene rings is 1. The fourth-order valence-electron chi connectivity index (χ4n) is 3.92. The van der Waals surface area contributed by atoms with Crippen LogP contribution in [0.15, 0.2) is 58.2 Å². The van der Waals surface area contributed by atoms with Gasteiger partial charge in [-0.2, -0.15) is 4.39 Å². The number of carbonyl (C=O) groups excluding carboxylic acids is 4. The normalized spacial score (nSPS) is 18.9. The Hall–Kier alpha value is -4.35. The standard InChI is InChI=1S/C25H22ClFN6O8S2/c1-13(27)41-31-18(17-11-43-25(29-17)28-12-34)21(35)30-19-22(36)32-20(15(3-2-8-26)10-42-23(19)32)24(37)40-9-14-4-6-16(7-5-14)33(38)39/h2-7,11-13,19,23H,8-10H2,1H3,(H,30,35)(H,28,29,34)/b3-2-,31-18?/t13?,19-,23+/m1/s1. The van der Waals surface area contributed by atoms with Crippen LogP contribution >= 0.6 is 34.7 Å². The number of amides is 3. The largest absolute Gasteiger partial charge is 0.456 e. The van der Waals surface area contributed by atoms with Gasteiger partial charge in [-0.25, -0.2) is 9.78 Å². The van der Waals surface area contributed by atoms with E-state index in [0.29, 0.717) is 17.5 Å². The molecule has 0 spiro atoms. The summed E-state index contributed by atoms with van der Waals surface area (Å²) in [6, 6.07) is 4.35. The smallest absolute Gasteiger partial charge is 0.355 e. The summed E-state index contributed by atoms with van der Waals surface area (Å²) in [6.07, 6.45) is 1.74. The number of nitrogens with zero attached hydrogens (tertiary/aromatic N) is 4. The van der Waals surface area contributed by atoms with Crippen LogP contribution in [0.4, 0.5) is 15.2 Å². The molecule has 4 rings (SSSR count). The second kappa shape index (κ2) is 14.2. The summed E-state index contributed by atoms with van der Waals surface area (Å²) in [5.74, 6) is -1.92. The Morgan fingerprint density at radius 1 is 1.37 bits per heavy atom. The number of ether oxygens (including phenoxy) is 1. The molecule has 2 aliphatic heterocycles. The van der Waals surface area contributed by atoms with E-state index < -0.39 is 46.2 Å². The van der Waals surface area contributed by atoms with E-state index in [1.807, 2.05) is 0 Å². The maximum absolute atomic E-state index is 13.4. The molecule has 14 nitrogen and oxygen atoms in total. The number of aromatic nitrogens is 1. The van der Waals surface area contributed by atoms with E-state index in [1.165, 1.54) is 46.3 Å². The molecule has 0 saturated carbocycles. The van der Waals surface area contributed by atoms with Gasteiger partial charge in [0.2, 0.25) is 6.41 Å². The summed E-state index contributed by atoms with van der Waals surface area (Å²) in [4.78, 5) is 70.6. The number of β-lactam (4-membered cyclic amide) rings is 1. The van der Waals surface area contributed by atoms with E-state index in [4.69, 9.17) is 16.3 Å². The zero-order valence-corrected chi connectivity index (χ0v) is 24.5. The molecule has 2 aliphatic rings. The molecule has 1 aromatic heterocycles. The van der Waals surface area contributed by atoms with Crippen molar-refractivity contribution in [2.24, 2.45) is 5.16 Å². The fraction of sp³-hybridized carbons (Fsp3) is 0.280. The minimum atomic E-state index is -1.85. The van der Waals surface area contributed by atoms with Crippen molar-refractivity contribution in [3.8, 4) is 0 Å². The number of fused-ring (bicyclic) bond motifs is 1. The number of nitro groups is 1. The third kappa shape index (κ3) is 7.36. The Kier molecular flexibility index (Phi) is 10.4. The highest BCUT2D eigenvalue weighted by Crippen LogP contribution is 2.41. The van der Waals surface area contributed by atoms with Crippen molar-refractivity contribution in [1.82, 2.24) is 15.2 Å². The molecule has 1 saturated heterocycles. The lowest BCUT2D eigenvalue weighted by molar-refractivity contribution is -0.384. The van der Waals surface area contributed by atoms with E-state index >= 15 is 0 Å². The number of oxime groups is 1. The number of alkyl halides is 2. The third-order valence-corrected chi connectivity index (χ3v) is 8.09. The SMILES string of the molecule is CC(F)ON=C(C(=O)N[C@@H]1C(=O)N2C(C(=O)OCc3ccc([N+](=O)[O-])cc3)=C(/C=C\CCl)CS[C@@H]12)c1csc(NC=O)n1. The number of thioether (sulfide) groups is 1. The van der Waals surface area contributed by atoms with Gasteiger partial charge in [0.25, 0.3) is 23.9 Å². The van der Waals surface area contributed by atoms with Crippen LogP contribution in [0.5, 0.6) is 0 Å². The number of hydrogen-bond acceptors (Lipinski definition) is 12. The van der Waals surface area contributed by atoms with Crippen molar-refractivity contribution in [2.75, 3.05) is 16.9 Å². The van der Waals surface area contributed by atoms with E-state index in [-0.39, 0.29) is 40.4 Å². The first-order valence-electron chi connectivity index (χ1n) is 12.3. The Bertz CT molecular complexity index is 1510. The van der Waals surface area contributed by atoms with Crippen LogP contribution in [-0.2, 0) is 35.4 Å². The number of thiazole rings is 1. The predicted molar refractivity (Wildman–Crippen MR) is 155 cm³/mol. The van der Waals surface area contributed by atoms with Gasteiger partial charge in [-0.05, 0) is 23.3 Å². The highest BCUT2D eigenvalue weighted by Gasteiger charge is 2.54. The molecule has 1 aromatic carbocycles. The number of nitrogens with one attached hydrogen (secondary N) is 2. The number of allylic oxidation sites excluding steroid dienone is 2. The van der Waals surface area contributed by atoms with Gasteiger partial charge in [0.1, 0.15) is 29.4 Å². The number of non-ortho nitro benzene ring substituents is 1. The molecule has 18 heteroatoms. The van der Waals surface area contributed by atoms with Crippen molar-refractivity contribution in [2.45, 2.75) is 31.3 Å². The van der Waals surface area contributed by atoms with E-state index in [0.717, 1.165) is 18.3 Å². The first-order valence-corrected chi connectivity index (χ1v) is 14.8. The summed E-state index contributed by atoms with van der Waals surface area (Å²) in [5, 5.41) is 20.1. The number of anilines is 1. The van der Waals surface area contributed by atoms with Crippen LogP contribution in [0, 0.1) is 10.1 Å². The van der Waals surface area contributed by atoms with Gasteiger partial charge in [-0.1, -0.05) is 17.3 Å². The van der Waals surface area contributed by atoms with Crippen LogP contribution < -0.4 is 10.6 Å². The lowest BCUT2D eigenvalue weighted by Crippen LogP contribution is -2.71. The molecule has 0 bridgehead atoms. The molecule has 3 amide bonds. The fourth-order valence-corrected chi connectivity index (χ4v) is 5.98. The predicted octanol–water partition coefficient (Wildman–Crippen LogP) is 2.85. The monoisotopic (exact) mass is 652 g/mol. The number of nitro benzene ring substituents is 1. The zero-order chi connectivity index (χ0) is 31.1. The first kappa shape index (κ1) is 31.6. The van der Waals surface area contributed by atoms with Gasteiger partial charge in [0.05, 0.1) is 4.92 Å². The molecule has 2 N–H and O–H groups in total. The van der Waals surface area contributed by atoms with Crippen LogP contribution in [0.25, 0.3) is 0 Å². The zero-order valence-electron chi connectivity index (χ0n) is 22.1. The van der Waals surface area contributed by atoms with E-state index in [2.05, 4.69) is 25.6 Å². The van der Waals surface area contributed by atoms with E-state index in [1.54, 1.807) is 12.2 Å². The van der Waals surface area contributed by atoms with Crippen molar-refractivity contribution in [3.63, 3.8) is 0 Å². The first-order chi connectivity index (χ1) is 20.6. The number of rotatable bonds is 13. The second-order valence-electron chi connectivity index (χ2n) is 8.68. The van der Waals surface area contributed by atoms with Crippen LogP contribution in [0.2, 0.25) is 0 Å². The minimum Gasteiger partial charge on any atom is -0.456 e. The molecule has 1 unspecified atom stereocenters. The Morgan fingerprint density at radius 3 is 2.77 bits per heavy atom. The molecule has 0 radical (unpaired) electrons. The summed E-state index contributed by atoms with van der Waals surface area (Å²) in [7, 11) is 0. The number of hydrogen-bond donors (Lipinski definition) is 2. The maximum Gasteiger partial charge on any atom is 0.355 e. The molecule has 2 aromatic rings. The number of esters is 1. The minimum absolute atomic E-state index is 0.0312. The summed E-state index contributed by atoms with van der Waals surface area (Å²) in [5.41, 5.74) is 0.343. The number of halogens is 2. The lowest BCUT2D eigenvalue weighted by atomic mass is 10.0. The summed E-state index contributed by atoms with van der Waals surface area (Å²) >= 11 is 8.03. The Morgan fingerprint density at radius 2 is 2.12 bits per heavy atom. The van der Waals surface area contributed by atoms with Crippen LogP contribution in [0.3, 0.4) is 0 Å². The van der Waals surface area contributed by atoms with Crippen molar-refractivity contribution in [1.29, 1.82) is 0 Å². The van der Waals surface area contributed by atoms with Crippen molar-refractivity contribution < 1.29 is 38.1 Å². The average molecular weight is 653 g/mol. The Balaban J connectivity index is 1.51. The third-order valence-electron chi connectivity index (χ3n) is 5.84. The maximum atomic E-state index is 13.4.